The second kappa shape index (κ2) is 6.78. The van der Waals surface area contributed by atoms with Gasteiger partial charge in [-0.3, -0.25) is 0 Å². The van der Waals surface area contributed by atoms with E-state index in [2.05, 4.69) is 26.8 Å². The fourth-order valence-corrected chi connectivity index (χ4v) is 2.09. The molecule has 0 aliphatic carbocycles. The topological polar surface area (TPSA) is 9.23 Å². The molecule has 0 heterocycles. The van der Waals surface area contributed by atoms with E-state index in [0.29, 0.717) is 0 Å². The molecule has 1 nitrogen and oxygen atoms in total. The zero-order valence-electron chi connectivity index (χ0n) is 9.82. The molecule has 0 amide bonds. The molecule has 0 aliphatic heterocycles. The van der Waals surface area contributed by atoms with E-state index in [1.165, 1.54) is 11.3 Å². The Kier molecular flexibility index (Phi) is 5.62. The lowest BCUT2D eigenvalue weighted by Crippen LogP contribution is -2.03. The Balaban J connectivity index is 2.18. The number of benzene rings is 1. The molecule has 0 bridgehead atoms. The Morgan fingerprint density at radius 1 is 1.27 bits per heavy atom. The van der Waals surface area contributed by atoms with Crippen LogP contribution >= 0.6 is 11.8 Å². The van der Waals surface area contributed by atoms with Gasteiger partial charge in [-0.25, -0.2) is 0 Å². The van der Waals surface area contributed by atoms with Crippen molar-refractivity contribution in [3.8, 4) is 5.75 Å². The van der Waals surface area contributed by atoms with Gasteiger partial charge >= 0.3 is 0 Å². The van der Waals surface area contributed by atoms with Crippen LogP contribution in [-0.2, 0) is 0 Å². The molecule has 2 heteroatoms. The molecule has 84 valence electrons. The van der Waals surface area contributed by atoms with Crippen molar-refractivity contribution >= 4 is 11.8 Å². The molecule has 0 radical (unpaired) electrons. The van der Waals surface area contributed by atoms with Gasteiger partial charge in [-0.1, -0.05) is 32.0 Å². The van der Waals surface area contributed by atoms with Gasteiger partial charge < -0.3 is 4.74 Å². The molecule has 0 aromatic heterocycles. The first-order valence-electron chi connectivity index (χ1n) is 5.46. The highest BCUT2D eigenvalue weighted by Crippen LogP contribution is 2.16. The molecule has 0 fully saturated rings. The number of rotatable bonds is 6. The maximum atomic E-state index is 5.70. The second-order valence-corrected chi connectivity index (χ2v) is 5.23. The van der Waals surface area contributed by atoms with E-state index in [0.717, 1.165) is 24.0 Å². The van der Waals surface area contributed by atoms with Crippen molar-refractivity contribution in [3.63, 3.8) is 0 Å². The smallest absolute Gasteiger partial charge is 0.122 e. The highest BCUT2D eigenvalue weighted by molar-refractivity contribution is 7.99. The van der Waals surface area contributed by atoms with Gasteiger partial charge in [0.2, 0.25) is 0 Å². The first kappa shape index (κ1) is 12.4. The Hall–Kier alpha value is -0.630. The summed E-state index contributed by atoms with van der Waals surface area (Å²) in [6.45, 7) is 7.38. The van der Waals surface area contributed by atoms with E-state index in [-0.39, 0.29) is 0 Å². The van der Waals surface area contributed by atoms with Crippen LogP contribution in [0.2, 0.25) is 0 Å². The van der Waals surface area contributed by atoms with Crippen LogP contribution in [0.3, 0.4) is 0 Å². The van der Waals surface area contributed by atoms with Crippen molar-refractivity contribution in [2.75, 3.05) is 18.1 Å². The predicted octanol–water partition coefficient (Wildman–Crippen LogP) is 3.76. The summed E-state index contributed by atoms with van der Waals surface area (Å²) in [5.74, 6) is 4.08. The number of hydrogen-bond donors (Lipinski definition) is 0. The molecular weight excluding hydrogens is 204 g/mol. The monoisotopic (exact) mass is 224 g/mol. The first-order valence-corrected chi connectivity index (χ1v) is 6.62. The lowest BCUT2D eigenvalue weighted by Gasteiger charge is -2.09. The molecule has 1 aromatic rings. The van der Waals surface area contributed by atoms with Crippen molar-refractivity contribution < 1.29 is 4.74 Å². The average Bonchev–Trinajstić information content (AvgIpc) is 2.20. The fourth-order valence-electron chi connectivity index (χ4n) is 1.25. The summed E-state index contributed by atoms with van der Waals surface area (Å²) in [5.41, 5.74) is 1.21. The van der Waals surface area contributed by atoms with Crippen LogP contribution in [-0.4, -0.2) is 18.1 Å². The molecule has 1 rings (SSSR count). The second-order valence-electron chi connectivity index (χ2n) is 4.08. The van der Waals surface area contributed by atoms with E-state index in [9.17, 15) is 0 Å². The molecule has 0 unspecified atom stereocenters. The van der Waals surface area contributed by atoms with E-state index in [1.807, 2.05) is 30.0 Å². The van der Waals surface area contributed by atoms with Gasteiger partial charge in [0.25, 0.3) is 0 Å². The van der Waals surface area contributed by atoms with Crippen molar-refractivity contribution in [1.29, 1.82) is 0 Å². The number of thioether (sulfide) groups is 1. The molecule has 15 heavy (non-hydrogen) atoms. The molecule has 0 N–H and O–H groups in total. The summed E-state index contributed by atoms with van der Waals surface area (Å²) in [5, 5.41) is 0. The van der Waals surface area contributed by atoms with Gasteiger partial charge in [0.1, 0.15) is 5.75 Å². The summed E-state index contributed by atoms with van der Waals surface area (Å²) >= 11 is 1.96. The molecular formula is C13H20OS. The maximum Gasteiger partial charge on any atom is 0.122 e. The summed E-state index contributed by atoms with van der Waals surface area (Å²) in [4.78, 5) is 0. The van der Waals surface area contributed by atoms with Crippen LogP contribution < -0.4 is 4.74 Å². The maximum absolute atomic E-state index is 5.70. The van der Waals surface area contributed by atoms with Crippen LogP contribution in [0.25, 0.3) is 0 Å². The molecule has 1 aromatic carbocycles. The lowest BCUT2D eigenvalue weighted by atomic mass is 10.2. The van der Waals surface area contributed by atoms with Gasteiger partial charge in [0, 0.05) is 5.75 Å². The average molecular weight is 224 g/mol. The Morgan fingerprint density at radius 2 is 2.00 bits per heavy atom. The van der Waals surface area contributed by atoms with E-state index in [1.54, 1.807) is 0 Å². The summed E-state index contributed by atoms with van der Waals surface area (Å²) in [6.07, 6.45) is 0. The standard InChI is InChI=1S/C13H20OS/c1-11(2)10-15-9-8-14-13-7-5-4-6-12(13)3/h4-7,11H,8-10H2,1-3H3. The Morgan fingerprint density at radius 3 is 2.67 bits per heavy atom. The summed E-state index contributed by atoms with van der Waals surface area (Å²) in [7, 11) is 0. The third-order valence-corrected chi connectivity index (χ3v) is 3.39. The molecule has 0 saturated heterocycles. The zero-order valence-corrected chi connectivity index (χ0v) is 10.6. The zero-order chi connectivity index (χ0) is 11.1. The first-order chi connectivity index (χ1) is 7.20. The van der Waals surface area contributed by atoms with E-state index < -0.39 is 0 Å². The number of ether oxygens (including phenoxy) is 1. The fraction of sp³-hybridized carbons (Fsp3) is 0.538. The third-order valence-electron chi connectivity index (χ3n) is 2.03. The Labute approximate surface area is 97.2 Å². The minimum Gasteiger partial charge on any atom is -0.492 e. The van der Waals surface area contributed by atoms with E-state index in [4.69, 9.17) is 4.74 Å². The number of hydrogen-bond acceptors (Lipinski definition) is 2. The lowest BCUT2D eigenvalue weighted by molar-refractivity contribution is 0.341. The SMILES string of the molecule is Cc1ccccc1OCCSCC(C)C. The minimum atomic E-state index is 0.772. The van der Waals surface area contributed by atoms with Crippen molar-refractivity contribution in [2.45, 2.75) is 20.8 Å². The Bertz CT molecular complexity index is 284. The third kappa shape index (κ3) is 5.12. The van der Waals surface area contributed by atoms with Crippen molar-refractivity contribution in [3.05, 3.63) is 29.8 Å². The highest BCUT2D eigenvalue weighted by Gasteiger charge is 1.98. The molecule has 0 spiro atoms. The van der Waals surface area contributed by atoms with Crippen molar-refractivity contribution in [1.82, 2.24) is 0 Å². The molecule has 0 atom stereocenters. The van der Waals surface area contributed by atoms with Gasteiger partial charge in [0.15, 0.2) is 0 Å². The summed E-state index contributed by atoms with van der Waals surface area (Å²) < 4.78 is 5.70. The highest BCUT2D eigenvalue weighted by atomic mass is 32.2. The minimum absolute atomic E-state index is 0.772. The number of para-hydroxylation sites is 1. The predicted molar refractivity (Wildman–Crippen MR) is 68.8 cm³/mol. The van der Waals surface area contributed by atoms with Crippen molar-refractivity contribution in [2.24, 2.45) is 5.92 Å². The van der Waals surface area contributed by atoms with E-state index >= 15 is 0 Å². The van der Waals surface area contributed by atoms with Crippen LogP contribution in [0.4, 0.5) is 0 Å². The normalized spacial score (nSPS) is 10.7. The molecule has 0 aliphatic rings. The van der Waals surface area contributed by atoms with Crippen LogP contribution in [0.1, 0.15) is 19.4 Å². The number of aryl methyl sites for hydroxylation is 1. The van der Waals surface area contributed by atoms with Gasteiger partial charge in [-0.15, -0.1) is 0 Å². The van der Waals surface area contributed by atoms with Crippen LogP contribution in [0.5, 0.6) is 5.75 Å². The largest absolute Gasteiger partial charge is 0.492 e. The van der Waals surface area contributed by atoms with Gasteiger partial charge in [-0.2, -0.15) is 11.8 Å². The van der Waals surface area contributed by atoms with Gasteiger partial charge in [-0.05, 0) is 30.2 Å². The van der Waals surface area contributed by atoms with Crippen LogP contribution in [0, 0.1) is 12.8 Å². The van der Waals surface area contributed by atoms with Gasteiger partial charge in [0.05, 0.1) is 6.61 Å². The molecule has 0 saturated carbocycles. The van der Waals surface area contributed by atoms with Crippen LogP contribution in [0.15, 0.2) is 24.3 Å². The summed E-state index contributed by atoms with van der Waals surface area (Å²) in [6, 6.07) is 8.17. The quantitative estimate of drug-likeness (QED) is 0.680.